The van der Waals surface area contributed by atoms with Crippen molar-refractivity contribution in [3.05, 3.63) is 24.3 Å². The molecule has 27 heavy (non-hydrogen) atoms. The Hall–Kier alpha value is -1.93. The van der Waals surface area contributed by atoms with Crippen LogP contribution >= 0.6 is 0 Å². The van der Waals surface area contributed by atoms with E-state index in [-0.39, 0.29) is 29.2 Å². The Kier molecular flexibility index (Phi) is 6.16. The lowest BCUT2D eigenvalue weighted by atomic mass is 10.0. The van der Waals surface area contributed by atoms with Gasteiger partial charge in [-0.2, -0.15) is 4.31 Å². The van der Waals surface area contributed by atoms with Crippen LogP contribution in [0.5, 0.6) is 0 Å². The number of nitrogens with zero attached hydrogens (tertiary/aromatic N) is 1. The van der Waals surface area contributed by atoms with Gasteiger partial charge in [0.1, 0.15) is 0 Å². The Morgan fingerprint density at radius 1 is 1.04 bits per heavy atom. The van der Waals surface area contributed by atoms with Crippen LogP contribution in [0.4, 0.5) is 5.69 Å². The minimum absolute atomic E-state index is 0.0000532. The summed E-state index contributed by atoms with van der Waals surface area (Å²) in [4.78, 5) is 24.1. The van der Waals surface area contributed by atoms with Crippen molar-refractivity contribution in [1.82, 2.24) is 4.31 Å². The van der Waals surface area contributed by atoms with Crippen LogP contribution in [0.3, 0.4) is 0 Å². The van der Waals surface area contributed by atoms with Gasteiger partial charge in [0.05, 0.1) is 17.9 Å². The molecule has 1 aliphatic carbocycles. The Morgan fingerprint density at radius 3 is 2.30 bits per heavy atom. The van der Waals surface area contributed by atoms with Gasteiger partial charge in [0.25, 0.3) is 0 Å². The molecule has 1 unspecified atom stereocenters. The number of amides is 1. The van der Waals surface area contributed by atoms with Gasteiger partial charge in [-0.3, -0.25) is 9.59 Å². The number of hydrogen-bond donors (Lipinski definition) is 1. The van der Waals surface area contributed by atoms with E-state index in [1.807, 2.05) is 0 Å². The van der Waals surface area contributed by atoms with Crippen molar-refractivity contribution in [2.75, 3.05) is 25.5 Å². The van der Waals surface area contributed by atoms with E-state index in [0.717, 1.165) is 25.7 Å². The molecular weight excluding hydrogens is 368 g/mol. The molecule has 1 aromatic rings. The molecule has 1 atom stereocenters. The van der Waals surface area contributed by atoms with Gasteiger partial charge in [-0.15, -0.1) is 0 Å². The SMILES string of the molecule is COC(=O)C1CCCN(S(=O)(=O)c2ccc(NC(=O)C3CCCC3)cc2)C1. The average Bonchev–Trinajstić information content (AvgIpc) is 3.23. The van der Waals surface area contributed by atoms with Crippen LogP contribution in [0.2, 0.25) is 0 Å². The molecule has 2 fully saturated rings. The fourth-order valence-electron chi connectivity index (χ4n) is 3.81. The molecule has 1 heterocycles. The van der Waals surface area contributed by atoms with Crippen LogP contribution in [-0.4, -0.2) is 44.8 Å². The quantitative estimate of drug-likeness (QED) is 0.774. The van der Waals surface area contributed by atoms with Crippen LogP contribution < -0.4 is 5.32 Å². The molecule has 0 aromatic heterocycles. The smallest absolute Gasteiger partial charge is 0.309 e. The molecule has 1 aliphatic heterocycles. The van der Waals surface area contributed by atoms with E-state index in [1.165, 1.54) is 23.5 Å². The molecule has 2 aliphatic rings. The number of sulfonamides is 1. The number of nitrogens with one attached hydrogen (secondary N) is 1. The van der Waals surface area contributed by atoms with Crippen LogP contribution in [0.15, 0.2) is 29.2 Å². The predicted octanol–water partition coefficient (Wildman–Crippen LogP) is 2.39. The molecule has 1 N–H and O–H groups in total. The van der Waals surface area contributed by atoms with E-state index < -0.39 is 15.9 Å². The highest BCUT2D eigenvalue weighted by atomic mass is 32.2. The Morgan fingerprint density at radius 2 is 1.67 bits per heavy atom. The largest absolute Gasteiger partial charge is 0.469 e. The summed E-state index contributed by atoms with van der Waals surface area (Å²) in [7, 11) is -2.37. The maximum Gasteiger partial charge on any atom is 0.309 e. The number of anilines is 1. The number of carbonyl (C=O) groups is 2. The number of hydrogen-bond acceptors (Lipinski definition) is 5. The van der Waals surface area contributed by atoms with Crippen molar-refractivity contribution in [1.29, 1.82) is 0 Å². The third kappa shape index (κ3) is 4.50. The van der Waals surface area contributed by atoms with E-state index in [9.17, 15) is 18.0 Å². The van der Waals surface area contributed by atoms with Gasteiger partial charge >= 0.3 is 5.97 Å². The molecule has 148 valence electrons. The second kappa shape index (κ2) is 8.39. The Bertz CT molecular complexity index is 785. The van der Waals surface area contributed by atoms with E-state index >= 15 is 0 Å². The number of carbonyl (C=O) groups excluding carboxylic acids is 2. The Labute approximate surface area is 160 Å². The molecule has 0 bridgehead atoms. The maximum absolute atomic E-state index is 12.9. The monoisotopic (exact) mass is 394 g/mol. The third-order valence-electron chi connectivity index (χ3n) is 5.40. The van der Waals surface area contributed by atoms with Gasteiger partial charge in [0.2, 0.25) is 15.9 Å². The molecular formula is C19H26N2O5S. The maximum atomic E-state index is 12.9. The van der Waals surface area contributed by atoms with E-state index in [4.69, 9.17) is 4.74 Å². The molecule has 8 heteroatoms. The first-order valence-corrected chi connectivity index (χ1v) is 10.8. The number of ether oxygens (including phenoxy) is 1. The standard InChI is InChI=1S/C19H26N2O5S/c1-26-19(23)15-7-4-12-21(13-15)27(24,25)17-10-8-16(9-11-17)20-18(22)14-5-2-3-6-14/h8-11,14-15H,2-7,12-13H2,1H3,(H,20,22). The topological polar surface area (TPSA) is 92.8 Å². The summed E-state index contributed by atoms with van der Waals surface area (Å²) in [5.74, 6) is -0.750. The minimum Gasteiger partial charge on any atom is -0.469 e. The van der Waals surface area contributed by atoms with Crippen LogP contribution in [0, 0.1) is 11.8 Å². The van der Waals surface area contributed by atoms with Crippen molar-refractivity contribution in [2.45, 2.75) is 43.4 Å². The number of esters is 1. The molecule has 3 rings (SSSR count). The lowest BCUT2D eigenvalue weighted by molar-refractivity contribution is -0.146. The molecule has 0 radical (unpaired) electrons. The fourth-order valence-corrected chi connectivity index (χ4v) is 5.34. The highest BCUT2D eigenvalue weighted by Gasteiger charge is 2.33. The van der Waals surface area contributed by atoms with Crippen LogP contribution in [0.25, 0.3) is 0 Å². The van der Waals surface area contributed by atoms with Crippen LogP contribution in [-0.2, 0) is 24.3 Å². The van der Waals surface area contributed by atoms with Crippen LogP contribution in [0.1, 0.15) is 38.5 Å². The van der Waals surface area contributed by atoms with Crippen molar-refractivity contribution in [3.63, 3.8) is 0 Å². The number of benzene rings is 1. The van der Waals surface area contributed by atoms with Gasteiger partial charge in [-0.25, -0.2) is 8.42 Å². The first kappa shape index (κ1) is 19.8. The van der Waals surface area contributed by atoms with Crippen molar-refractivity contribution in [3.8, 4) is 0 Å². The number of piperidine rings is 1. The molecule has 1 saturated heterocycles. The van der Waals surface area contributed by atoms with Gasteiger partial charge < -0.3 is 10.1 Å². The average molecular weight is 394 g/mol. The van der Waals surface area contributed by atoms with Gasteiger partial charge in [0, 0.05) is 24.7 Å². The van der Waals surface area contributed by atoms with Gasteiger partial charge in [-0.05, 0) is 49.9 Å². The zero-order valence-corrected chi connectivity index (χ0v) is 16.3. The van der Waals surface area contributed by atoms with Gasteiger partial charge in [-0.1, -0.05) is 12.8 Å². The molecule has 1 saturated carbocycles. The third-order valence-corrected chi connectivity index (χ3v) is 7.28. The lowest BCUT2D eigenvalue weighted by Crippen LogP contribution is -2.42. The molecule has 1 aromatic carbocycles. The van der Waals surface area contributed by atoms with Crippen molar-refractivity contribution in [2.24, 2.45) is 11.8 Å². The zero-order valence-electron chi connectivity index (χ0n) is 15.5. The highest BCUT2D eigenvalue weighted by Crippen LogP contribution is 2.27. The predicted molar refractivity (Wildman–Crippen MR) is 101 cm³/mol. The van der Waals surface area contributed by atoms with E-state index in [0.29, 0.717) is 25.1 Å². The van der Waals surface area contributed by atoms with Gasteiger partial charge in [0.15, 0.2) is 0 Å². The Balaban J connectivity index is 1.67. The second-order valence-corrected chi connectivity index (χ2v) is 9.16. The number of methoxy groups -OCH3 is 1. The summed E-state index contributed by atoms with van der Waals surface area (Å²) in [5.41, 5.74) is 0.594. The summed E-state index contributed by atoms with van der Waals surface area (Å²) in [6, 6.07) is 6.23. The molecule has 7 nitrogen and oxygen atoms in total. The second-order valence-electron chi connectivity index (χ2n) is 7.22. The van der Waals surface area contributed by atoms with E-state index in [1.54, 1.807) is 12.1 Å². The summed E-state index contributed by atoms with van der Waals surface area (Å²) in [6.07, 6.45) is 5.23. The van der Waals surface area contributed by atoms with Crippen molar-refractivity contribution >= 4 is 27.6 Å². The number of rotatable bonds is 5. The summed E-state index contributed by atoms with van der Waals surface area (Å²) >= 11 is 0. The minimum atomic E-state index is -3.68. The fraction of sp³-hybridized carbons (Fsp3) is 0.579. The molecule has 1 amide bonds. The lowest BCUT2D eigenvalue weighted by Gasteiger charge is -2.30. The highest BCUT2D eigenvalue weighted by molar-refractivity contribution is 7.89. The normalized spacial score (nSPS) is 21.7. The summed E-state index contributed by atoms with van der Waals surface area (Å²) in [6.45, 7) is 0.519. The summed E-state index contributed by atoms with van der Waals surface area (Å²) < 4.78 is 31.8. The molecule has 0 spiro atoms. The van der Waals surface area contributed by atoms with E-state index in [2.05, 4.69) is 5.32 Å². The first-order valence-electron chi connectivity index (χ1n) is 9.40. The zero-order chi connectivity index (χ0) is 19.4. The van der Waals surface area contributed by atoms with Crippen molar-refractivity contribution < 1.29 is 22.7 Å². The summed E-state index contributed by atoms with van der Waals surface area (Å²) in [5, 5.41) is 2.86. The first-order chi connectivity index (χ1) is 12.9.